The average Bonchev–Trinajstić information content (AvgIpc) is 3.04. The number of carbonyl (C=O) groups excluding carboxylic acids is 3. The number of imide groups is 1. The van der Waals surface area contributed by atoms with Crippen LogP contribution in [0.1, 0.15) is 18.4 Å². The lowest BCUT2D eigenvalue weighted by molar-refractivity contribution is -0.135. The Hall–Kier alpha value is -4.06. The molecular formula is C23H22N4O5. The monoisotopic (exact) mass is 434 g/mol. The molecule has 1 N–H and O–H groups in total. The van der Waals surface area contributed by atoms with Gasteiger partial charge < -0.3 is 19.7 Å². The Labute approximate surface area is 185 Å². The van der Waals surface area contributed by atoms with Gasteiger partial charge in [-0.1, -0.05) is 30.3 Å². The van der Waals surface area contributed by atoms with E-state index in [1.165, 1.54) is 12.0 Å². The van der Waals surface area contributed by atoms with Crippen LogP contribution in [0.2, 0.25) is 0 Å². The van der Waals surface area contributed by atoms with E-state index in [4.69, 9.17) is 14.7 Å². The molecule has 1 spiro atoms. The fraction of sp³-hybridized carbons (Fsp3) is 0.304. The van der Waals surface area contributed by atoms with Gasteiger partial charge >= 0.3 is 6.03 Å². The third kappa shape index (κ3) is 3.50. The molecule has 9 nitrogen and oxygen atoms in total. The van der Waals surface area contributed by atoms with E-state index in [1.807, 2.05) is 6.07 Å². The minimum Gasteiger partial charge on any atom is -0.495 e. The first kappa shape index (κ1) is 21.2. The highest BCUT2D eigenvalue weighted by atomic mass is 16.5. The molecule has 1 atom stereocenters. The molecule has 32 heavy (non-hydrogen) atoms. The SMILES string of the molecule is COc1ccccc1N(CCC#N)C(=O)CN1C(=O)N[C@@]2(CCOc3ccccc32)C1=O. The molecule has 0 bridgehead atoms. The summed E-state index contributed by atoms with van der Waals surface area (Å²) in [7, 11) is 1.48. The second-order valence-corrected chi connectivity index (χ2v) is 7.45. The highest BCUT2D eigenvalue weighted by molar-refractivity contribution is 6.11. The van der Waals surface area contributed by atoms with Crippen LogP contribution >= 0.6 is 0 Å². The molecule has 0 unspecified atom stereocenters. The molecule has 164 valence electrons. The summed E-state index contributed by atoms with van der Waals surface area (Å²) in [5.41, 5.74) is -0.215. The number of para-hydroxylation sites is 3. The van der Waals surface area contributed by atoms with Gasteiger partial charge in [0.1, 0.15) is 18.0 Å². The van der Waals surface area contributed by atoms with E-state index in [0.717, 1.165) is 4.90 Å². The number of nitrogens with zero attached hydrogens (tertiary/aromatic N) is 3. The van der Waals surface area contributed by atoms with Crippen LogP contribution in [0.3, 0.4) is 0 Å². The van der Waals surface area contributed by atoms with Gasteiger partial charge in [-0.25, -0.2) is 4.79 Å². The molecule has 0 radical (unpaired) electrons. The summed E-state index contributed by atoms with van der Waals surface area (Å²) >= 11 is 0. The number of ether oxygens (including phenoxy) is 2. The number of nitrogens with one attached hydrogen (secondary N) is 1. The van der Waals surface area contributed by atoms with E-state index < -0.39 is 29.9 Å². The second kappa shape index (κ2) is 8.59. The summed E-state index contributed by atoms with van der Waals surface area (Å²) in [6, 6.07) is 15.3. The molecule has 0 aliphatic carbocycles. The van der Waals surface area contributed by atoms with Crippen molar-refractivity contribution in [2.45, 2.75) is 18.4 Å². The van der Waals surface area contributed by atoms with E-state index in [0.29, 0.717) is 22.7 Å². The van der Waals surface area contributed by atoms with E-state index in [2.05, 4.69) is 5.32 Å². The Bertz CT molecular complexity index is 1110. The Kier molecular flexibility index (Phi) is 5.69. The fourth-order valence-corrected chi connectivity index (χ4v) is 4.13. The number of hydrogen-bond donors (Lipinski definition) is 1. The van der Waals surface area contributed by atoms with Crippen molar-refractivity contribution in [2.24, 2.45) is 0 Å². The number of hydrogen-bond acceptors (Lipinski definition) is 6. The molecule has 2 aliphatic rings. The molecule has 0 aromatic heterocycles. The number of rotatable bonds is 6. The zero-order chi connectivity index (χ0) is 22.7. The number of urea groups is 1. The van der Waals surface area contributed by atoms with Gasteiger partial charge in [0, 0.05) is 18.5 Å². The lowest BCUT2D eigenvalue weighted by Gasteiger charge is -2.33. The molecule has 2 heterocycles. The topological polar surface area (TPSA) is 112 Å². The molecule has 9 heteroatoms. The maximum absolute atomic E-state index is 13.4. The first-order chi connectivity index (χ1) is 15.5. The maximum atomic E-state index is 13.4. The quantitative estimate of drug-likeness (QED) is 0.698. The summed E-state index contributed by atoms with van der Waals surface area (Å²) in [6.07, 6.45) is 0.350. The summed E-state index contributed by atoms with van der Waals surface area (Å²) in [6.45, 7) is -0.0968. The van der Waals surface area contributed by atoms with Crippen LogP contribution in [-0.2, 0) is 15.1 Å². The Morgan fingerprint density at radius 3 is 2.78 bits per heavy atom. The van der Waals surface area contributed by atoms with Gasteiger partial charge in [0.2, 0.25) is 5.91 Å². The Morgan fingerprint density at radius 2 is 2.00 bits per heavy atom. The minimum absolute atomic E-state index is 0.0819. The predicted octanol–water partition coefficient (Wildman–Crippen LogP) is 2.17. The summed E-state index contributed by atoms with van der Waals surface area (Å²) < 4.78 is 11.0. The summed E-state index contributed by atoms with van der Waals surface area (Å²) in [4.78, 5) is 41.8. The smallest absolute Gasteiger partial charge is 0.325 e. The third-order valence-electron chi connectivity index (χ3n) is 5.67. The minimum atomic E-state index is -1.26. The van der Waals surface area contributed by atoms with Crippen LogP contribution in [0.4, 0.5) is 10.5 Å². The van der Waals surface area contributed by atoms with Crippen LogP contribution in [0.25, 0.3) is 0 Å². The van der Waals surface area contributed by atoms with Crippen molar-refractivity contribution in [3.8, 4) is 17.6 Å². The highest BCUT2D eigenvalue weighted by Gasteiger charge is 2.55. The Morgan fingerprint density at radius 1 is 1.25 bits per heavy atom. The van der Waals surface area contributed by atoms with Gasteiger partial charge in [-0.3, -0.25) is 14.5 Å². The van der Waals surface area contributed by atoms with Gasteiger partial charge in [-0.15, -0.1) is 0 Å². The van der Waals surface area contributed by atoms with Crippen molar-refractivity contribution in [1.82, 2.24) is 10.2 Å². The lowest BCUT2D eigenvalue weighted by Crippen LogP contribution is -2.48. The van der Waals surface area contributed by atoms with Crippen LogP contribution in [0.5, 0.6) is 11.5 Å². The number of amides is 4. The zero-order valence-corrected chi connectivity index (χ0v) is 17.5. The number of anilines is 1. The van der Waals surface area contributed by atoms with Crippen molar-refractivity contribution >= 4 is 23.5 Å². The van der Waals surface area contributed by atoms with Crippen LogP contribution in [-0.4, -0.2) is 49.6 Å². The van der Waals surface area contributed by atoms with Gasteiger partial charge in [-0.05, 0) is 18.2 Å². The number of benzene rings is 2. The predicted molar refractivity (Wildman–Crippen MR) is 114 cm³/mol. The Balaban J connectivity index is 1.62. The van der Waals surface area contributed by atoms with Crippen LogP contribution in [0.15, 0.2) is 48.5 Å². The molecule has 1 fully saturated rings. The number of fused-ring (bicyclic) bond motifs is 2. The van der Waals surface area contributed by atoms with Gasteiger partial charge in [-0.2, -0.15) is 5.26 Å². The molecule has 2 aromatic carbocycles. The molecule has 2 aromatic rings. The molecule has 4 amide bonds. The van der Waals surface area contributed by atoms with Crippen molar-refractivity contribution in [3.63, 3.8) is 0 Å². The maximum Gasteiger partial charge on any atom is 0.325 e. The van der Waals surface area contributed by atoms with Gasteiger partial charge in [0.15, 0.2) is 5.54 Å². The second-order valence-electron chi connectivity index (χ2n) is 7.45. The van der Waals surface area contributed by atoms with E-state index >= 15 is 0 Å². The van der Waals surface area contributed by atoms with E-state index in [9.17, 15) is 14.4 Å². The normalized spacial score (nSPS) is 19.1. The third-order valence-corrected chi connectivity index (χ3v) is 5.67. The largest absolute Gasteiger partial charge is 0.495 e. The molecule has 4 rings (SSSR count). The molecule has 1 saturated heterocycles. The number of methoxy groups -OCH3 is 1. The first-order valence-corrected chi connectivity index (χ1v) is 10.2. The van der Waals surface area contributed by atoms with Crippen molar-refractivity contribution < 1.29 is 23.9 Å². The number of nitriles is 1. The number of carbonyl (C=O) groups is 3. The van der Waals surface area contributed by atoms with Crippen LogP contribution < -0.4 is 19.7 Å². The summed E-state index contributed by atoms with van der Waals surface area (Å²) in [5, 5.41) is 11.8. The van der Waals surface area contributed by atoms with E-state index in [-0.39, 0.29) is 26.0 Å². The first-order valence-electron chi connectivity index (χ1n) is 10.2. The fourth-order valence-electron chi connectivity index (χ4n) is 4.13. The zero-order valence-electron chi connectivity index (χ0n) is 17.5. The standard InChI is InChI=1S/C23H22N4O5/c1-31-19-10-5-3-8-17(19)26(13-6-12-24)20(28)15-27-21(29)23(25-22(27)30)11-14-32-18-9-4-2-7-16(18)23/h2-5,7-10H,6,11,13-15H2,1H3,(H,25,30)/t23-/m1/s1. The van der Waals surface area contributed by atoms with Crippen molar-refractivity contribution in [2.75, 3.05) is 31.7 Å². The molecular weight excluding hydrogens is 412 g/mol. The van der Waals surface area contributed by atoms with Gasteiger partial charge in [0.05, 0.1) is 31.9 Å². The van der Waals surface area contributed by atoms with E-state index in [1.54, 1.807) is 48.5 Å². The summed E-state index contributed by atoms with van der Waals surface area (Å²) in [5.74, 6) is -0.00596. The average molecular weight is 434 g/mol. The highest BCUT2D eigenvalue weighted by Crippen LogP contribution is 2.41. The lowest BCUT2D eigenvalue weighted by atomic mass is 9.84. The van der Waals surface area contributed by atoms with Crippen molar-refractivity contribution in [3.05, 3.63) is 54.1 Å². The molecule has 0 saturated carbocycles. The van der Waals surface area contributed by atoms with Crippen LogP contribution in [0, 0.1) is 11.3 Å². The van der Waals surface area contributed by atoms with Crippen molar-refractivity contribution in [1.29, 1.82) is 5.26 Å². The molecule has 2 aliphatic heterocycles. The van der Waals surface area contributed by atoms with Gasteiger partial charge in [0.25, 0.3) is 5.91 Å².